The first-order chi connectivity index (χ1) is 13.7. The van der Waals surface area contributed by atoms with Gasteiger partial charge in [0.25, 0.3) is 5.56 Å². The smallest absolute Gasteiger partial charge is 0.259 e. The number of carbonyl (C=O) groups is 1. The van der Waals surface area contributed by atoms with Crippen molar-refractivity contribution in [3.63, 3.8) is 0 Å². The number of amides is 1. The predicted molar refractivity (Wildman–Crippen MR) is 111 cm³/mol. The minimum absolute atomic E-state index is 0.0428. The summed E-state index contributed by atoms with van der Waals surface area (Å²) < 4.78 is 0. The molecule has 0 atom stereocenters. The molecule has 1 N–H and O–H groups in total. The second-order valence-corrected chi connectivity index (χ2v) is 8.82. The Morgan fingerprint density at radius 2 is 1.96 bits per heavy atom. The lowest BCUT2D eigenvalue weighted by molar-refractivity contribution is -0.132. The molecule has 0 unspecified atom stereocenters. The third-order valence-corrected chi connectivity index (χ3v) is 7.12. The van der Waals surface area contributed by atoms with E-state index in [-0.39, 0.29) is 11.5 Å². The number of hydrogen-bond donors (Lipinski definition) is 1. The fraction of sp³-hybridized carbons (Fsp3) is 0.409. The van der Waals surface area contributed by atoms with Crippen molar-refractivity contribution in [1.82, 2.24) is 14.9 Å². The van der Waals surface area contributed by atoms with Crippen LogP contribution in [-0.4, -0.2) is 27.3 Å². The van der Waals surface area contributed by atoms with Gasteiger partial charge in [-0.3, -0.25) is 9.59 Å². The number of aromatic amines is 1. The van der Waals surface area contributed by atoms with E-state index in [0.717, 1.165) is 42.4 Å². The number of hydrogen-bond acceptors (Lipinski definition) is 4. The summed E-state index contributed by atoms with van der Waals surface area (Å²) in [5.74, 6) is 0.754. The molecule has 0 saturated heterocycles. The molecule has 1 aliphatic carbocycles. The maximum absolute atomic E-state index is 12.7. The van der Waals surface area contributed by atoms with Gasteiger partial charge >= 0.3 is 0 Å². The van der Waals surface area contributed by atoms with Crippen LogP contribution in [0.1, 0.15) is 46.7 Å². The standard InChI is InChI=1S/C22H23N3O2S/c26-19(25-12-11-14-5-1-2-6-15(14)13-25)10-9-18-23-21(27)20-16-7-3-4-8-17(16)28-22(20)24-18/h1-2,5-6H,3-4,7-13H2,(H,23,24,27). The van der Waals surface area contributed by atoms with Gasteiger partial charge in [-0.1, -0.05) is 24.3 Å². The Labute approximate surface area is 167 Å². The van der Waals surface area contributed by atoms with Crippen LogP contribution in [-0.2, 0) is 37.0 Å². The molecule has 1 aromatic carbocycles. The average molecular weight is 394 g/mol. The van der Waals surface area contributed by atoms with Crippen molar-refractivity contribution in [3.05, 3.63) is 62.0 Å². The first-order valence-corrected chi connectivity index (χ1v) is 10.9. The summed E-state index contributed by atoms with van der Waals surface area (Å²) >= 11 is 1.66. The molecule has 3 aromatic rings. The zero-order valence-corrected chi connectivity index (χ0v) is 16.6. The second kappa shape index (κ2) is 7.17. The Hall–Kier alpha value is -2.47. The van der Waals surface area contributed by atoms with Crippen LogP contribution in [0.4, 0.5) is 0 Å². The molecular weight excluding hydrogens is 370 g/mol. The van der Waals surface area contributed by atoms with E-state index in [1.807, 2.05) is 11.0 Å². The van der Waals surface area contributed by atoms with E-state index < -0.39 is 0 Å². The van der Waals surface area contributed by atoms with E-state index >= 15 is 0 Å². The highest BCUT2D eigenvalue weighted by molar-refractivity contribution is 7.18. The van der Waals surface area contributed by atoms with Gasteiger partial charge in [0.05, 0.1) is 5.39 Å². The molecule has 0 fully saturated rings. The summed E-state index contributed by atoms with van der Waals surface area (Å²) in [6, 6.07) is 8.32. The van der Waals surface area contributed by atoms with Crippen molar-refractivity contribution < 1.29 is 4.79 Å². The van der Waals surface area contributed by atoms with Crippen molar-refractivity contribution in [1.29, 1.82) is 0 Å². The fourth-order valence-electron chi connectivity index (χ4n) is 4.42. The third-order valence-electron chi connectivity index (χ3n) is 5.93. The number of H-pyrrole nitrogens is 1. The molecule has 0 saturated carbocycles. The number of rotatable bonds is 3. The van der Waals surface area contributed by atoms with Crippen LogP contribution in [0.5, 0.6) is 0 Å². The van der Waals surface area contributed by atoms with Crippen LogP contribution in [0.15, 0.2) is 29.1 Å². The van der Waals surface area contributed by atoms with E-state index in [4.69, 9.17) is 0 Å². The van der Waals surface area contributed by atoms with Gasteiger partial charge in [0.2, 0.25) is 5.91 Å². The average Bonchev–Trinajstić information content (AvgIpc) is 3.10. The Morgan fingerprint density at radius 1 is 1.14 bits per heavy atom. The molecule has 144 valence electrons. The van der Waals surface area contributed by atoms with Gasteiger partial charge in [-0.2, -0.15) is 0 Å². The highest BCUT2D eigenvalue weighted by Gasteiger charge is 2.22. The molecule has 5 rings (SSSR count). The monoisotopic (exact) mass is 393 g/mol. The molecule has 6 heteroatoms. The number of thiophene rings is 1. The summed E-state index contributed by atoms with van der Waals surface area (Å²) in [5.41, 5.74) is 3.73. The van der Waals surface area contributed by atoms with Crippen LogP contribution >= 0.6 is 11.3 Å². The van der Waals surface area contributed by atoms with E-state index in [1.165, 1.54) is 28.0 Å². The van der Waals surface area contributed by atoms with E-state index in [1.54, 1.807) is 11.3 Å². The van der Waals surface area contributed by atoms with Gasteiger partial charge in [-0.05, 0) is 48.8 Å². The number of aryl methyl sites for hydroxylation is 3. The SMILES string of the molecule is O=C(CCc1nc2sc3c(c2c(=O)[nH]1)CCCC3)N1CCc2ccccc2C1. The molecule has 1 aliphatic heterocycles. The number of carbonyl (C=O) groups excluding carboxylic acids is 1. The van der Waals surface area contributed by atoms with Crippen LogP contribution in [0.3, 0.4) is 0 Å². The molecule has 0 spiro atoms. The number of fused-ring (bicyclic) bond motifs is 4. The van der Waals surface area contributed by atoms with Crippen molar-refractivity contribution in [2.45, 2.75) is 51.5 Å². The number of nitrogens with one attached hydrogen (secondary N) is 1. The Bertz CT molecular complexity index is 1110. The maximum Gasteiger partial charge on any atom is 0.259 e. The molecule has 0 bridgehead atoms. The topological polar surface area (TPSA) is 66.1 Å². The lowest BCUT2D eigenvalue weighted by Crippen LogP contribution is -2.36. The number of nitrogens with zero attached hydrogens (tertiary/aromatic N) is 2. The summed E-state index contributed by atoms with van der Waals surface area (Å²) in [5, 5.41) is 0.780. The number of aromatic nitrogens is 2. The summed E-state index contributed by atoms with van der Waals surface area (Å²) in [6.45, 7) is 1.44. The van der Waals surface area contributed by atoms with Gasteiger partial charge in [-0.15, -0.1) is 11.3 Å². The molecule has 2 aromatic heterocycles. The predicted octanol–water partition coefficient (Wildman–Crippen LogP) is 3.38. The normalized spacial score (nSPS) is 16.1. The van der Waals surface area contributed by atoms with Gasteiger partial charge in [0.15, 0.2) is 0 Å². The lowest BCUT2D eigenvalue weighted by Gasteiger charge is -2.28. The Balaban J connectivity index is 1.31. The highest BCUT2D eigenvalue weighted by atomic mass is 32.1. The minimum Gasteiger partial charge on any atom is -0.338 e. The molecule has 1 amide bonds. The highest BCUT2D eigenvalue weighted by Crippen LogP contribution is 2.33. The van der Waals surface area contributed by atoms with Crippen LogP contribution in [0.25, 0.3) is 10.2 Å². The minimum atomic E-state index is -0.0428. The molecule has 2 aliphatic rings. The molecule has 3 heterocycles. The molecule has 28 heavy (non-hydrogen) atoms. The lowest BCUT2D eigenvalue weighted by atomic mass is 9.97. The first kappa shape index (κ1) is 17.6. The molecule has 5 nitrogen and oxygen atoms in total. The van der Waals surface area contributed by atoms with Crippen molar-refractivity contribution >= 4 is 27.5 Å². The van der Waals surface area contributed by atoms with Crippen molar-refractivity contribution in [2.75, 3.05) is 6.54 Å². The zero-order chi connectivity index (χ0) is 19.1. The van der Waals surface area contributed by atoms with Gasteiger partial charge in [-0.25, -0.2) is 4.98 Å². The second-order valence-electron chi connectivity index (χ2n) is 7.74. The summed E-state index contributed by atoms with van der Waals surface area (Å²) in [6.07, 6.45) is 6.14. The fourth-order valence-corrected chi connectivity index (χ4v) is 5.70. The molecular formula is C22H23N3O2S. The van der Waals surface area contributed by atoms with Crippen LogP contribution in [0.2, 0.25) is 0 Å². The van der Waals surface area contributed by atoms with E-state index in [2.05, 4.69) is 28.2 Å². The van der Waals surface area contributed by atoms with Crippen molar-refractivity contribution in [2.24, 2.45) is 0 Å². The quantitative estimate of drug-likeness (QED) is 0.742. The summed E-state index contributed by atoms with van der Waals surface area (Å²) in [4.78, 5) is 37.0. The third kappa shape index (κ3) is 3.15. The maximum atomic E-state index is 12.7. The summed E-state index contributed by atoms with van der Waals surface area (Å²) in [7, 11) is 0. The zero-order valence-electron chi connectivity index (χ0n) is 15.8. The number of benzene rings is 1. The molecule has 0 radical (unpaired) electrons. The van der Waals surface area contributed by atoms with E-state index in [9.17, 15) is 9.59 Å². The van der Waals surface area contributed by atoms with Crippen LogP contribution in [0, 0.1) is 0 Å². The van der Waals surface area contributed by atoms with Crippen molar-refractivity contribution in [3.8, 4) is 0 Å². The van der Waals surface area contributed by atoms with Gasteiger partial charge in [0.1, 0.15) is 10.7 Å². The van der Waals surface area contributed by atoms with Gasteiger partial charge < -0.3 is 9.88 Å². The van der Waals surface area contributed by atoms with Gasteiger partial charge in [0, 0.05) is 30.8 Å². The first-order valence-electron chi connectivity index (χ1n) is 10.1. The largest absolute Gasteiger partial charge is 0.338 e. The Morgan fingerprint density at radius 3 is 2.86 bits per heavy atom. The van der Waals surface area contributed by atoms with E-state index in [0.29, 0.717) is 25.2 Å². The Kier molecular flexibility index (Phi) is 4.51. The van der Waals surface area contributed by atoms with Crippen LogP contribution < -0.4 is 5.56 Å².